The maximum Gasteiger partial charge on any atom is 0.233 e. The summed E-state index contributed by atoms with van der Waals surface area (Å²) in [5.74, 6) is 1.25. The van der Waals surface area contributed by atoms with E-state index in [0.717, 1.165) is 68.0 Å². The molecule has 1 aliphatic rings. The van der Waals surface area contributed by atoms with Crippen LogP contribution < -0.4 is 14.4 Å². The molecule has 3 heterocycles. The summed E-state index contributed by atoms with van der Waals surface area (Å²) in [5, 5.41) is 9.51. The molecule has 0 aliphatic carbocycles. The number of nitrogens with zero attached hydrogens (tertiary/aromatic N) is 4. The molecule has 0 saturated heterocycles. The van der Waals surface area contributed by atoms with E-state index in [0.29, 0.717) is 25.5 Å². The number of rotatable bonds is 11. The predicted molar refractivity (Wildman–Crippen MR) is 197 cm³/mol. The largest absolute Gasteiger partial charge is 0.491 e. The first-order valence-electron chi connectivity index (χ1n) is 16.6. The Morgan fingerprint density at radius 3 is 2.39 bits per heavy atom. The van der Waals surface area contributed by atoms with Gasteiger partial charge in [-0.3, -0.25) is 4.79 Å². The van der Waals surface area contributed by atoms with Crippen molar-refractivity contribution in [2.24, 2.45) is 5.41 Å². The van der Waals surface area contributed by atoms with E-state index in [1.165, 1.54) is 0 Å². The second-order valence-corrected chi connectivity index (χ2v) is 16.2. The van der Waals surface area contributed by atoms with E-state index < -0.39 is 5.41 Å². The molecule has 3 aromatic carbocycles. The minimum Gasteiger partial charge on any atom is -0.491 e. The van der Waals surface area contributed by atoms with Crippen LogP contribution in [-0.4, -0.2) is 51.5 Å². The zero-order valence-electron chi connectivity index (χ0n) is 29.3. The van der Waals surface area contributed by atoms with Crippen LogP contribution in [0.4, 0.5) is 5.69 Å². The highest BCUT2D eigenvalue weighted by Gasteiger charge is 2.33. The molecule has 1 atom stereocenters. The minimum absolute atomic E-state index is 0.0161. The van der Waals surface area contributed by atoms with Crippen molar-refractivity contribution >= 4 is 40.5 Å². The minimum atomic E-state index is -0.552. The van der Waals surface area contributed by atoms with Crippen molar-refractivity contribution in [3.05, 3.63) is 95.7 Å². The number of amides is 1. The molecule has 49 heavy (non-hydrogen) atoms. The highest BCUT2D eigenvalue weighted by Crippen LogP contribution is 2.44. The quantitative estimate of drug-likeness (QED) is 0.103. The van der Waals surface area contributed by atoms with Crippen LogP contribution in [0.5, 0.6) is 11.6 Å². The number of hydrogen-bond donors (Lipinski definition) is 0. The third-order valence-electron chi connectivity index (χ3n) is 8.73. The number of hydrogen-bond acceptors (Lipinski definition) is 7. The van der Waals surface area contributed by atoms with Crippen LogP contribution >= 0.6 is 11.8 Å². The summed E-state index contributed by atoms with van der Waals surface area (Å²) in [7, 11) is 1.58. The molecule has 6 rings (SSSR count). The molecule has 5 aromatic rings. The Morgan fingerprint density at radius 1 is 0.980 bits per heavy atom. The van der Waals surface area contributed by atoms with Gasteiger partial charge in [0.15, 0.2) is 0 Å². The van der Waals surface area contributed by atoms with E-state index in [1.54, 1.807) is 14.0 Å². The van der Waals surface area contributed by atoms with Crippen molar-refractivity contribution in [2.75, 3.05) is 18.6 Å². The van der Waals surface area contributed by atoms with E-state index >= 15 is 0 Å². The van der Waals surface area contributed by atoms with E-state index in [-0.39, 0.29) is 16.7 Å². The molecule has 0 radical (unpaired) electrons. The molecule has 1 amide bonds. The van der Waals surface area contributed by atoms with E-state index in [9.17, 15) is 9.59 Å². The number of carbonyl (C=O) groups is 2. The monoisotopic (exact) mass is 676 g/mol. The first-order chi connectivity index (χ1) is 23.4. The van der Waals surface area contributed by atoms with Gasteiger partial charge < -0.3 is 23.7 Å². The average Bonchev–Trinajstić information content (AvgIpc) is 3.58. The zero-order chi connectivity index (χ0) is 34.9. The van der Waals surface area contributed by atoms with E-state index in [4.69, 9.17) is 9.47 Å². The fraction of sp³-hybridized carbons (Fsp3) is 0.350. The fourth-order valence-electron chi connectivity index (χ4n) is 6.45. The number of aldehydes is 1. The van der Waals surface area contributed by atoms with Gasteiger partial charge in [-0.2, -0.15) is 0 Å². The lowest BCUT2D eigenvalue weighted by Crippen LogP contribution is -2.40. The van der Waals surface area contributed by atoms with Crippen molar-refractivity contribution < 1.29 is 19.1 Å². The van der Waals surface area contributed by atoms with Crippen LogP contribution in [0.25, 0.3) is 22.2 Å². The fourth-order valence-corrected chi connectivity index (χ4v) is 7.64. The first-order valence-corrected chi connectivity index (χ1v) is 17.5. The van der Waals surface area contributed by atoms with Crippen molar-refractivity contribution in [3.8, 4) is 22.9 Å². The maximum atomic E-state index is 12.7. The number of thioether (sulfide) groups is 1. The van der Waals surface area contributed by atoms with Gasteiger partial charge in [-0.15, -0.1) is 22.0 Å². The molecule has 254 valence electrons. The number of fused-ring (bicyclic) bond motifs is 2. The Hall–Kier alpha value is -4.63. The van der Waals surface area contributed by atoms with E-state index in [1.807, 2.05) is 66.9 Å². The maximum absolute atomic E-state index is 12.7. The van der Waals surface area contributed by atoms with Gasteiger partial charge in [0.1, 0.15) is 18.6 Å². The molecule has 0 unspecified atom stereocenters. The molecular formula is C40H44N4O4S. The van der Waals surface area contributed by atoms with Crippen LogP contribution in [0.15, 0.2) is 83.8 Å². The first kappa shape index (κ1) is 34.2. The third kappa shape index (κ3) is 7.52. The molecule has 0 saturated carbocycles. The number of para-hydroxylation sites is 1. The molecule has 0 bridgehead atoms. The molecule has 1 aliphatic heterocycles. The molecule has 9 heteroatoms. The van der Waals surface area contributed by atoms with Crippen molar-refractivity contribution in [1.82, 2.24) is 14.8 Å². The number of aromatic nitrogens is 3. The number of benzene rings is 3. The van der Waals surface area contributed by atoms with Crippen LogP contribution in [0.1, 0.15) is 58.4 Å². The highest BCUT2D eigenvalue weighted by atomic mass is 32.2. The van der Waals surface area contributed by atoms with Crippen LogP contribution in [-0.2, 0) is 29.0 Å². The Morgan fingerprint density at radius 2 is 1.73 bits per heavy atom. The molecular weight excluding hydrogens is 633 g/mol. The summed E-state index contributed by atoms with van der Waals surface area (Å²) in [6.45, 7) is 13.3. The highest BCUT2D eigenvalue weighted by molar-refractivity contribution is 8.00. The van der Waals surface area contributed by atoms with Gasteiger partial charge in [-0.25, -0.2) is 0 Å². The smallest absolute Gasteiger partial charge is 0.233 e. The lowest BCUT2D eigenvalue weighted by molar-refractivity contribution is -0.117. The van der Waals surface area contributed by atoms with Gasteiger partial charge in [0.25, 0.3) is 0 Å². The molecule has 2 aromatic heterocycles. The number of anilines is 1. The van der Waals surface area contributed by atoms with Gasteiger partial charge >= 0.3 is 0 Å². The van der Waals surface area contributed by atoms with Gasteiger partial charge in [-0.1, -0.05) is 77.1 Å². The van der Waals surface area contributed by atoms with Gasteiger partial charge in [0.2, 0.25) is 11.8 Å². The Balaban J connectivity index is 1.36. The Kier molecular flexibility index (Phi) is 9.58. The summed E-state index contributed by atoms with van der Waals surface area (Å²) in [6.07, 6.45) is 2.40. The van der Waals surface area contributed by atoms with Crippen LogP contribution in [0.2, 0.25) is 0 Å². The zero-order valence-corrected chi connectivity index (χ0v) is 30.1. The lowest BCUT2D eigenvalue weighted by atomic mass is 9.89. The number of methoxy groups -OCH3 is 1. The van der Waals surface area contributed by atoms with Gasteiger partial charge in [0.05, 0.1) is 18.8 Å². The standard InChI is InChI=1S/C40H44N4O4S/c1-26(46)44-30(20-29-10-8-9-11-34(29)44)24-48-31-16-18-35-32(21-31)38(49-39(2,3)4)36(22-40(5,6)25-45)43(35)23-27-12-14-28(15-13-27)33-17-19-37(47-7)42-41-33/h8-19,21,25,30H,20,22-24H2,1-7H3/t30-/m0/s1. The summed E-state index contributed by atoms with van der Waals surface area (Å²) < 4.78 is 13.9. The number of carbonyl (C=O) groups excluding carboxylic acids is 2. The second-order valence-electron chi connectivity index (χ2n) is 14.4. The molecule has 0 spiro atoms. The Labute approximate surface area is 292 Å². The van der Waals surface area contributed by atoms with Crippen molar-refractivity contribution in [1.29, 1.82) is 0 Å². The van der Waals surface area contributed by atoms with Crippen molar-refractivity contribution in [2.45, 2.75) is 76.6 Å². The lowest BCUT2D eigenvalue weighted by Gasteiger charge is -2.24. The number of ether oxygens (including phenoxy) is 2. The van der Waals surface area contributed by atoms with Gasteiger partial charge in [0, 0.05) is 68.9 Å². The summed E-state index contributed by atoms with van der Waals surface area (Å²) in [6, 6.07) is 26.4. The van der Waals surface area contributed by atoms with Gasteiger partial charge in [-0.05, 0) is 47.9 Å². The summed E-state index contributed by atoms with van der Waals surface area (Å²) in [4.78, 5) is 27.9. The topological polar surface area (TPSA) is 86.5 Å². The molecule has 0 fully saturated rings. The molecule has 8 nitrogen and oxygen atoms in total. The Bertz CT molecular complexity index is 1980. The predicted octanol–water partition coefficient (Wildman–Crippen LogP) is 8.17. The molecule has 0 N–H and O–H groups in total. The third-order valence-corrected chi connectivity index (χ3v) is 10.0. The normalized spacial score (nSPS) is 14.6. The summed E-state index contributed by atoms with van der Waals surface area (Å²) >= 11 is 1.82. The van der Waals surface area contributed by atoms with E-state index in [2.05, 4.69) is 78.0 Å². The average molecular weight is 677 g/mol. The second kappa shape index (κ2) is 13.7. The van der Waals surface area contributed by atoms with Crippen LogP contribution in [0.3, 0.4) is 0 Å². The SMILES string of the molecule is COc1ccc(-c2ccc(Cn3c(CC(C)(C)C=O)c(SC(C)(C)C)c4cc(OC[C@@H]5Cc6ccccc6N5C(C)=O)ccc43)cc2)nn1. The van der Waals surface area contributed by atoms with Crippen LogP contribution in [0, 0.1) is 5.41 Å². The van der Waals surface area contributed by atoms with Crippen molar-refractivity contribution in [3.63, 3.8) is 0 Å². The summed E-state index contributed by atoms with van der Waals surface area (Å²) in [5.41, 5.74) is 6.66.